The Morgan fingerprint density at radius 1 is 0.270 bits per heavy atom. The molecule has 0 unspecified atom stereocenters. The first-order chi connectivity index (χ1) is 31.2. The number of fused-ring (bicyclic) bond motifs is 9. The van der Waals surface area contributed by atoms with E-state index in [2.05, 4.69) is 226 Å². The molecule has 5 heteroatoms. The van der Waals surface area contributed by atoms with Crippen molar-refractivity contribution in [1.29, 1.82) is 0 Å². The Labute approximate surface area is 363 Å². The molecule has 0 aliphatic heterocycles. The van der Waals surface area contributed by atoms with Gasteiger partial charge in [-0.05, 0) is 113 Å². The van der Waals surface area contributed by atoms with Gasteiger partial charge in [-0.1, -0.05) is 127 Å². The molecule has 4 aromatic heterocycles. The summed E-state index contributed by atoms with van der Waals surface area (Å²) in [4.78, 5) is 10.2. The van der Waals surface area contributed by atoms with Gasteiger partial charge in [-0.3, -0.25) is 4.57 Å². The van der Waals surface area contributed by atoms with Gasteiger partial charge in [0, 0.05) is 55.5 Å². The van der Waals surface area contributed by atoms with Crippen LogP contribution in [0.5, 0.6) is 0 Å². The lowest BCUT2D eigenvalue weighted by Crippen LogP contribution is -2.01. The standard InChI is InChI=1S/C58H37N5/c1-3-16-43(17-4-1)61-52-23-10-7-20-45(52)48-35-39(26-29-55(48)61)38-14-13-15-42(34-38)51-32-33-59-58(60-51)63-54-25-12-9-22-47(54)50-37-41(28-31-57(50)63)40-27-30-56-49(36-40)46-21-8-11-24-53(46)62(56)44-18-5-2-6-19-44/h1-37H. The van der Waals surface area contributed by atoms with Crippen LogP contribution in [0.1, 0.15) is 0 Å². The Balaban J connectivity index is 0.892. The molecule has 13 aromatic rings. The number of rotatable bonds is 6. The first-order valence-electron chi connectivity index (χ1n) is 21.4. The lowest BCUT2D eigenvalue weighted by molar-refractivity contribution is 0.992. The highest BCUT2D eigenvalue weighted by molar-refractivity contribution is 6.13. The van der Waals surface area contributed by atoms with Crippen molar-refractivity contribution >= 4 is 65.4 Å². The molecule has 4 heterocycles. The van der Waals surface area contributed by atoms with Gasteiger partial charge in [-0.15, -0.1) is 0 Å². The summed E-state index contributed by atoms with van der Waals surface area (Å²) in [5.74, 6) is 0.641. The largest absolute Gasteiger partial charge is 0.309 e. The molecule has 0 amide bonds. The van der Waals surface area contributed by atoms with E-state index in [9.17, 15) is 0 Å². The molecule has 0 saturated heterocycles. The molecule has 0 spiro atoms. The minimum absolute atomic E-state index is 0.641. The fourth-order valence-electron chi connectivity index (χ4n) is 9.86. The number of nitrogens with zero attached hydrogens (tertiary/aromatic N) is 5. The summed E-state index contributed by atoms with van der Waals surface area (Å²) in [6, 6.07) is 78.3. The second kappa shape index (κ2) is 14.0. The second-order valence-electron chi connectivity index (χ2n) is 16.2. The predicted octanol–water partition coefficient (Wildman–Crippen LogP) is 14.8. The van der Waals surface area contributed by atoms with Crippen LogP contribution in [-0.2, 0) is 0 Å². The smallest absolute Gasteiger partial charge is 0.235 e. The van der Waals surface area contributed by atoms with Gasteiger partial charge in [-0.2, -0.15) is 0 Å². The van der Waals surface area contributed by atoms with Crippen LogP contribution in [0.15, 0.2) is 225 Å². The van der Waals surface area contributed by atoms with Crippen LogP contribution >= 0.6 is 0 Å². The number of hydrogen-bond acceptors (Lipinski definition) is 2. The maximum Gasteiger partial charge on any atom is 0.235 e. The Bertz CT molecular complexity index is 3910. The lowest BCUT2D eigenvalue weighted by atomic mass is 10.00. The van der Waals surface area contributed by atoms with Gasteiger partial charge in [0.05, 0.1) is 38.8 Å². The van der Waals surface area contributed by atoms with Crippen LogP contribution in [0.3, 0.4) is 0 Å². The fraction of sp³-hybridized carbons (Fsp3) is 0. The summed E-state index contributed by atoms with van der Waals surface area (Å²) in [5, 5.41) is 7.27. The molecule has 63 heavy (non-hydrogen) atoms. The Morgan fingerprint density at radius 2 is 0.667 bits per heavy atom. The van der Waals surface area contributed by atoms with Crippen molar-refractivity contribution in [3.63, 3.8) is 0 Å². The molecule has 13 rings (SSSR count). The van der Waals surface area contributed by atoms with Crippen molar-refractivity contribution in [3.8, 4) is 50.8 Å². The molecule has 0 aliphatic rings. The van der Waals surface area contributed by atoms with Crippen LogP contribution in [0.4, 0.5) is 0 Å². The highest BCUT2D eigenvalue weighted by atomic mass is 15.2. The maximum absolute atomic E-state index is 5.27. The van der Waals surface area contributed by atoms with Gasteiger partial charge in [0.15, 0.2) is 0 Å². The van der Waals surface area contributed by atoms with Gasteiger partial charge in [0.25, 0.3) is 0 Å². The van der Waals surface area contributed by atoms with E-state index in [1.54, 1.807) is 0 Å². The van der Waals surface area contributed by atoms with E-state index in [4.69, 9.17) is 9.97 Å². The SMILES string of the molecule is c1ccc(-n2c3ccccc3c3cc(-c4cccc(-c5ccnc(-n6c7ccccc7c7cc(-c8ccc9c(c8)c8ccccc8n9-c8ccccc8)ccc76)n5)c4)ccc32)cc1. The number of para-hydroxylation sites is 5. The summed E-state index contributed by atoms with van der Waals surface area (Å²) < 4.78 is 6.92. The average Bonchev–Trinajstić information content (AvgIpc) is 3.99. The van der Waals surface area contributed by atoms with Crippen LogP contribution in [-0.4, -0.2) is 23.7 Å². The lowest BCUT2D eigenvalue weighted by Gasteiger charge is -2.10. The van der Waals surface area contributed by atoms with Crippen molar-refractivity contribution in [2.45, 2.75) is 0 Å². The molecule has 0 bridgehead atoms. The number of aromatic nitrogens is 5. The van der Waals surface area contributed by atoms with Gasteiger partial charge in [-0.25, -0.2) is 9.97 Å². The molecule has 0 N–H and O–H groups in total. The summed E-state index contributed by atoms with van der Waals surface area (Å²) in [6.45, 7) is 0. The average molecular weight is 804 g/mol. The number of hydrogen-bond donors (Lipinski definition) is 0. The quantitative estimate of drug-likeness (QED) is 0.168. The molecule has 294 valence electrons. The third-order valence-corrected chi connectivity index (χ3v) is 12.7. The first-order valence-corrected chi connectivity index (χ1v) is 21.4. The van der Waals surface area contributed by atoms with Crippen molar-refractivity contribution in [3.05, 3.63) is 225 Å². The minimum atomic E-state index is 0.641. The zero-order valence-electron chi connectivity index (χ0n) is 34.1. The Hall–Kier alpha value is -8.54. The highest BCUT2D eigenvalue weighted by Crippen LogP contribution is 2.39. The van der Waals surface area contributed by atoms with E-state index < -0.39 is 0 Å². The van der Waals surface area contributed by atoms with Crippen molar-refractivity contribution in [2.24, 2.45) is 0 Å². The van der Waals surface area contributed by atoms with E-state index >= 15 is 0 Å². The Kier molecular flexibility index (Phi) is 7.84. The molecule has 0 fully saturated rings. The summed E-state index contributed by atoms with van der Waals surface area (Å²) in [7, 11) is 0. The van der Waals surface area contributed by atoms with E-state index in [-0.39, 0.29) is 0 Å². The van der Waals surface area contributed by atoms with Crippen LogP contribution in [0.2, 0.25) is 0 Å². The van der Waals surface area contributed by atoms with Gasteiger partial charge < -0.3 is 9.13 Å². The maximum atomic E-state index is 5.27. The van der Waals surface area contributed by atoms with E-state index in [0.29, 0.717) is 5.95 Å². The van der Waals surface area contributed by atoms with Gasteiger partial charge >= 0.3 is 0 Å². The Morgan fingerprint density at radius 3 is 1.17 bits per heavy atom. The highest BCUT2D eigenvalue weighted by Gasteiger charge is 2.18. The first kappa shape index (κ1) is 35.2. The minimum Gasteiger partial charge on any atom is -0.309 e. The zero-order valence-corrected chi connectivity index (χ0v) is 34.1. The van der Waals surface area contributed by atoms with Gasteiger partial charge in [0.1, 0.15) is 0 Å². The van der Waals surface area contributed by atoms with E-state index in [0.717, 1.165) is 61.1 Å². The molecular formula is C58H37N5. The van der Waals surface area contributed by atoms with Crippen molar-refractivity contribution in [1.82, 2.24) is 23.7 Å². The third kappa shape index (κ3) is 5.57. The second-order valence-corrected chi connectivity index (χ2v) is 16.2. The molecular weight excluding hydrogens is 767 g/mol. The molecule has 5 nitrogen and oxygen atoms in total. The number of benzene rings is 9. The molecule has 9 aromatic carbocycles. The van der Waals surface area contributed by atoms with E-state index in [1.807, 2.05) is 12.3 Å². The molecule has 0 aliphatic carbocycles. The normalized spacial score (nSPS) is 11.8. The summed E-state index contributed by atoms with van der Waals surface area (Å²) >= 11 is 0. The molecule has 0 atom stereocenters. The molecule has 0 radical (unpaired) electrons. The van der Waals surface area contributed by atoms with Crippen LogP contribution < -0.4 is 0 Å². The fourth-order valence-corrected chi connectivity index (χ4v) is 9.86. The van der Waals surface area contributed by atoms with Crippen LogP contribution in [0.25, 0.3) is 116 Å². The third-order valence-electron chi connectivity index (χ3n) is 12.7. The molecule has 0 saturated carbocycles. The van der Waals surface area contributed by atoms with Crippen molar-refractivity contribution < 1.29 is 0 Å². The van der Waals surface area contributed by atoms with Crippen LogP contribution in [0, 0.1) is 0 Å². The summed E-state index contributed by atoms with van der Waals surface area (Å²) in [5.41, 5.74) is 15.8. The summed E-state index contributed by atoms with van der Waals surface area (Å²) in [6.07, 6.45) is 1.88. The zero-order chi connectivity index (χ0) is 41.4. The van der Waals surface area contributed by atoms with E-state index in [1.165, 1.54) is 49.2 Å². The predicted molar refractivity (Wildman–Crippen MR) is 261 cm³/mol. The monoisotopic (exact) mass is 803 g/mol. The topological polar surface area (TPSA) is 40.6 Å². The van der Waals surface area contributed by atoms with Crippen molar-refractivity contribution in [2.75, 3.05) is 0 Å². The van der Waals surface area contributed by atoms with Gasteiger partial charge in [0.2, 0.25) is 5.95 Å².